The Bertz CT molecular complexity index is 95.4. The summed E-state index contributed by atoms with van der Waals surface area (Å²) >= 11 is 6.10. The lowest BCUT2D eigenvalue weighted by molar-refractivity contribution is -0.0128. The zero-order valence-electron chi connectivity index (χ0n) is 6.64. The third-order valence-electron chi connectivity index (χ3n) is 2.31. The van der Waals surface area contributed by atoms with Gasteiger partial charge in [-0.15, -0.1) is 11.6 Å². The van der Waals surface area contributed by atoms with Crippen LogP contribution in [0.5, 0.6) is 0 Å². The highest BCUT2D eigenvalue weighted by Crippen LogP contribution is 2.27. The van der Waals surface area contributed by atoms with Crippen LogP contribution in [-0.2, 0) is 4.74 Å². The average Bonchev–Trinajstić information content (AvgIpc) is 1.88. The van der Waals surface area contributed by atoms with Gasteiger partial charge in [-0.3, -0.25) is 0 Å². The Morgan fingerprint density at radius 3 is 2.70 bits per heavy atom. The Morgan fingerprint density at radius 2 is 2.30 bits per heavy atom. The quantitative estimate of drug-likeness (QED) is 0.539. The van der Waals surface area contributed by atoms with E-state index >= 15 is 0 Å². The first-order valence-electron chi connectivity index (χ1n) is 4.01. The molecule has 0 unspecified atom stereocenters. The van der Waals surface area contributed by atoms with Crippen LogP contribution in [0.3, 0.4) is 0 Å². The van der Waals surface area contributed by atoms with Crippen LogP contribution in [0.15, 0.2) is 0 Å². The first-order valence-corrected chi connectivity index (χ1v) is 4.45. The van der Waals surface area contributed by atoms with E-state index in [1.807, 2.05) is 0 Å². The van der Waals surface area contributed by atoms with E-state index in [9.17, 15) is 0 Å². The van der Waals surface area contributed by atoms with Crippen molar-refractivity contribution in [1.29, 1.82) is 0 Å². The van der Waals surface area contributed by atoms with Gasteiger partial charge in [-0.2, -0.15) is 0 Å². The summed E-state index contributed by atoms with van der Waals surface area (Å²) in [7, 11) is 0. The number of rotatable bonds is 1. The molecule has 0 N–H and O–H groups in total. The fourth-order valence-corrected chi connectivity index (χ4v) is 2.06. The highest BCUT2D eigenvalue weighted by Gasteiger charge is 2.28. The van der Waals surface area contributed by atoms with Crippen molar-refractivity contribution in [3.05, 3.63) is 0 Å². The fourth-order valence-electron chi connectivity index (χ4n) is 1.59. The SMILES string of the molecule is CC[C@@H]1[C@H](Cl)CCO[C@@H]1C. The minimum Gasteiger partial charge on any atom is -0.378 e. The van der Waals surface area contributed by atoms with E-state index in [0.29, 0.717) is 17.4 Å². The Kier molecular flexibility index (Phi) is 2.99. The van der Waals surface area contributed by atoms with Crippen molar-refractivity contribution in [1.82, 2.24) is 0 Å². The van der Waals surface area contributed by atoms with Crippen molar-refractivity contribution >= 4 is 11.6 Å². The molecule has 1 aliphatic heterocycles. The van der Waals surface area contributed by atoms with Crippen LogP contribution in [-0.4, -0.2) is 18.1 Å². The second-order valence-electron chi connectivity index (χ2n) is 2.95. The summed E-state index contributed by atoms with van der Waals surface area (Å²) in [6.07, 6.45) is 2.51. The predicted octanol–water partition coefficient (Wildman–Crippen LogP) is 2.43. The molecule has 0 spiro atoms. The van der Waals surface area contributed by atoms with Gasteiger partial charge in [-0.05, 0) is 19.8 Å². The minimum atomic E-state index is 0.341. The molecule has 0 amide bonds. The summed E-state index contributed by atoms with van der Waals surface area (Å²) in [5.74, 6) is 0.565. The lowest BCUT2D eigenvalue weighted by Crippen LogP contribution is -2.34. The molecule has 0 aromatic rings. The van der Waals surface area contributed by atoms with Gasteiger partial charge in [0.25, 0.3) is 0 Å². The summed E-state index contributed by atoms with van der Waals surface area (Å²) < 4.78 is 5.47. The number of alkyl halides is 1. The minimum absolute atomic E-state index is 0.341. The van der Waals surface area contributed by atoms with E-state index in [1.54, 1.807) is 0 Å². The van der Waals surface area contributed by atoms with E-state index in [0.717, 1.165) is 19.4 Å². The van der Waals surface area contributed by atoms with E-state index in [-0.39, 0.29) is 0 Å². The van der Waals surface area contributed by atoms with Gasteiger partial charge in [0.1, 0.15) is 0 Å². The highest BCUT2D eigenvalue weighted by molar-refractivity contribution is 6.20. The smallest absolute Gasteiger partial charge is 0.0589 e. The molecule has 2 heteroatoms. The molecule has 0 radical (unpaired) electrons. The third-order valence-corrected chi connectivity index (χ3v) is 2.86. The monoisotopic (exact) mass is 162 g/mol. The molecule has 0 bridgehead atoms. The van der Waals surface area contributed by atoms with Gasteiger partial charge in [0, 0.05) is 17.9 Å². The molecule has 1 fully saturated rings. The molecule has 60 valence electrons. The maximum Gasteiger partial charge on any atom is 0.0589 e. The Labute approximate surface area is 67.7 Å². The zero-order valence-corrected chi connectivity index (χ0v) is 7.40. The van der Waals surface area contributed by atoms with Crippen LogP contribution in [0, 0.1) is 5.92 Å². The Morgan fingerprint density at radius 1 is 1.60 bits per heavy atom. The van der Waals surface area contributed by atoms with Gasteiger partial charge in [-0.25, -0.2) is 0 Å². The van der Waals surface area contributed by atoms with Crippen molar-refractivity contribution < 1.29 is 4.74 Å². The number of hydrogen-bond donors (Lipinski definition) is 0. The van der Waals surface area contributed by atoms with E-state index in [1.165, 1.54) is 0 Å². The summed E-state index contributed by atoms with van der Waals surface area (Å²) in [5, 5.41) is 0.341. The van der Waals surface area contributed by atoms with Gasteiger partial charge in [0.2, 0.25) is 0 Å². The topological polar surface area (TPSA) is 9.23 Å². The molecule has 3 atom stereocenters. The normalized spacial score (nSPS) is 41.7. The van der Waals surface area contributed by atoms with Gasteiger partial charge in [0.05, 0.1) is 6.10 Å². The average molecular weight is 163 g/mol. The second kappa shape index (κ2) is 3.59. The molecule has 0 aromatic carbocycles. The largest absolute Gasteiger partial charge is 0.378 e. The standard InChI is InChI=1S/C8H15ClO/c1-3-7-6(2)10-5-4-8(7)9/h6-8H,3-5H2,1-2H3/t6-,7+,8-/m1/s1. The van der Waals surface area contributed by atoms with E-state index in [2.05, 4.69) is 13.8 Å². The molecule has 1 rings (SSSR count). The molecule has 10 heavy (non-hydrogen) atoms. The molecule has 1 nitrogen and oxygen atoms in total. The van der Waals surface area contributed by atoms with Crippen molar-refractivity contribution in [3.63, 3.8) is 0 Å². The molecular formula is C8H15ClO. The Balaban J connectivity index is 2.45. The summed E-state index contributed by atoms with van der Waals surface area (Å²) in [4.78, 5) is 0. The van der Waals surface area contributed by atoms with Gasteiger partial charge in [0.15, 0.2) is 0 Å². The summed E-state index contributed by atoms with van der Waals surface area (Å²) in [6.45, 7) is 5.12. The molecular weight excluding hydrogens is 148 g/mol. The number of halogens is 1. The number of hydrogen-bond acceptors (Lipinski definition) is 1. The van der Waals surface area contributed by atoms with Crippen LogP contribution in [0.1, 0.15) is 26.7 Å². The van der Waals surface area contributed by atoms with E-state index in [4.69, 9.17) is 16.3 Å². The van der Waals surface area contributed by atoms with Gasteiger partial charge >= 0.3 is 0 Å². The Hall–Kier alpha value is 0.250. The van der Waals surface area contributed by atoms with Crippen molar-refractivity contribution in [3.8, 4) is 0 Å². The molecule has 0 saturated carbocycles. The maximum absolute atomic E-state index is 6.10. The van der Waals surface area contributed by atoms with Crippen LogP contribution < -0.4 is 0 Å². The second-order valence-corrected chi connectivity index (χ2v) is 3.51. The zero-order chi connectivity index (χ0) is 7.56. The van der Waals surface area contributed by atoms with Crippen molar-refractivity contribution in [2.75, 3.05) is 6.61 Å². The van der Waals surface area contributed by atoms with E-state index < -0.39 is 0 Å². The summed E-state index contributed by atoms with van der Waals surface area (Å²) in [6, 6.07) is 0. The lowest BCUT2D eigenvalue weighted by atomic mass is 9.92. The van der Waals surface area contributed by atoms with Crippen LogP contribution in [0.4, 0.5) is 0 Å². The summed E-state index contributed by atoms with van der Waals surface area (Å²) in [5.41, 5.74) is 0. The first-order chi connectivity index (χ1) is 4.75. The van der Waals surface area contributed by atoms with Gasteiger partial charge in [-0.1, -0.05) is 6.92 Å². The predicted molar refractivity (Wildman–Crippen MR) is 43.5 cm³/mol. The number of ether oxygens (including phenoxy) is 1. The molecule has 0 aromatic heterocycles. The third kappa shape index (κ3) is 1.64. The lowest BCUT2D eigenvalue weighted by Gasteiger charge is -2.32. The van der Waals surface area contributed by atoms with Crippen molar-refractivity contribution in [2.45, 2.75) is 38.2 Å². The highest BCUT2D eigenvalue weighted by atomic mass is 35.5. The maximum atomic E-state index is 6.10. The molecule has 0 aliphatic carbocycles. The fraction of sp³-hybridized carbons (Fsp3) is 1.00. The van der Waals surface area contributed by atoms with Crippen molar-refractivity contribution in [2.24, 2.45) is 5.92 Å². The van der Waals surface area contributed by atoms with Crippen LogP contribution >= 0.6 is 11.6 Å². The van der Waals surface area contributed by atoms with Crippen LogP contribution in [0.2, 0.25) is 0 Å². The molecule has 1 aliphatic rings. The van der Waals surface area contributed by atoms with Crippen LogP contribution in [0.25, 0.3) is 0 Å². The van der Waals surface area contributed by atoms with Gasteiger partial charge < -0.3 is 4.74 Å². The first kappa shape index (κ1) is 8.35. The molecule has 1 saturated heterocycles. The molecule has 1 heterocycles.